The minimum atomic E-state index is -0.961. The van der Waals surface area contributed by atoms with E-state index in [9.17, 15) is 14.7 Å². The van der Waals surface area contributed by atoms with Gasteiger partial charge in [0.05, 0.1) is 51.1 Å². The van der Waals surface area contributed by atoms with Gasteiger partial charge in [-0.2, -0.15) is 0 Å². The standard InChI is InChI=1S/C33H34N2O8/c1-16-11-19-12-20-33(38)35-21(14-41-13-18-9-7-6-8-10-18)23-24(30(40-5)17(2)31-32(23)43-15-42-31)27(36)26(35)25(34(20)3)22(19)28(37)29(16)39-4/h6-11,20-21,25-26,37H,12-15H2,1-5H3/t20-,21-,25-,26-/m0/s1. The first-order chi connectivity index (χ1) is 20.8. The normalized spacial score (nSPS) is 23.5. The van der Waals surface area contributed by atoms with Crippen LogP contribution in [0.25, 0.3) is 0 Å². The van der Waals surface area contributed by atoms with Crippen LogP contribution in [0, 0.1) is 13.8 Å². The molecule has 2 bridgehead atoms. The fourth-order valence-corrected chi connectivity index (χ4v) is 7.51. The van der Waals surface area contributed by atoms with Crippen LogP contribution in [-0.2, 0) is 22.6 Å². The summed E-state index contributed by atoms with van der Waals surface area (Å²) in [5.41, 5.74) is 4.72. The van der Waals surface area contributed by atoms with Crippen molar-refractivity contribution < 1.29 is 38.4 Å². The zero-order valence-electron chi connectivity index (χ0n) is 24.8. The number of rotatable bonds is 6. The summed E-state index contributed by atoms with van der Waals surface area (Å²) in [6, 6.07) is 8.93. The minimum absolute atomic E-state index is 0.00663. The fourth-order valence-electron chi connectivity index (χ4n) is 7.51. The molecule has 4 heterocycles. The maximum absolute atomic E-state index is 14.8. The maximum Gasteiger partial charge on any atom is 0.241 e. The number of benzene rings is 3. The Morgan fingerprint density at radius 3 is 2.42 bits per heavy atom. The molecular weight excluding hydrogens is 552 g/mol. The molecule has 7 rings (SSSR count). The third kappa shape index (κ3) is 3.86. The Kier molecular flexibility index (Phi) is 6.51. The molecule has 3 aromatic carbocycles. The van der Waals surface area contributed by atoms with Gasteiger partial charge in [0, 0.05) is 16.7 Å². The molecule has 0 spiro atoms. The van der Waals surface area contributed by atoms with Crippen molar-refractivity contribution in [3.05, 3.63) is 75.3 Å². The number of likely N-dealkylation sites (N-methyl/N-ethyl adjacent to an activating group) is 1. The van der Waals surface area contributed by atoms with Crippen LogP contribution in [0.1, 0.15) is 55.8 Å². The molecule has 4 aliphatic heterocycles. The van der Waals surface area contributed by atoms with Gasteiger partial charge in [-0.3, -0.25) is 14.5 Å². The summed E-state index contributed by atoms with van der Waals surface area (Å²) in [6.45, 7) is 4.12. The molecule has 4 atom stereocenters. The van der Waals surface area contributed by atoms with E-state index >= 15 is 0 Å². The van der Waals surface area contributed by atoms with Crippen LogP contribution < -0.4 is 18.9 Å². The molecule has 4 aliphatic rings. The lowest BCUT2D eigenvalue weighted by molar-refractivity contribution is -0.156. The topological polar surface area (TPSA) is 107 Å². The highest BCUT2D eigenvalue weighted by Gasteiger charge is 2.59. The van der Waals surface area contributed by atoms with Gasteiger partial charge in [0.1, 0.15) is 11.8 Å². The van der Waals surface area contributed by atoms with E-state index in [-0.39, 0.29) is 30.8 Å². The Bertz CT molecular complexity index is 1660. The number of aromatic hydroxyl groups is 1. The highest BCUT2D eigenvalue weighted by atomic mass is 16.7. The molecule has 0 radical (unpaired) electrons. The van der Waals surface area contributed by atoms with Crippen molar-refractivity contribution in [1.82, 2.24) is 9.80 Å². The van der Waals surface area contributed by atoms with Gasteiger partial charge in [-0.25, -0.2) is 0 Å². The van der Waals surface area contributed by atoms with Gasteiger partial charge < -0.3 is 33.7 Å². The second-order valence-electron chi connectivity index (χ2n) is 11.6. The van der Waals surface area contributed by atoms with Crippen LogP contribution in [0.15, 0.2) is 36.4 Å². The van der Waals surface area contributed by atoms with Crippen LogP contribution in [0.4, 0.5) is 0 Å². The summed E-state index contributed by atoms with van der Waals surface area (Å²) in [6.07, 6.45) is 0.385. The van der Waals surface area contributed by atoms with Crippen LogP contribution in [-0.4, -0.2) is 73.3 Å². The summed E-state index contributed by atoms with van der Waals surface area (Å²) in [5.74, 6) is 1.20. The number of carbonyl (C=O) groups excluding carboxylic acids is 2. The number of ether oxygens (including phenoxy) is 5. The molecule has 0 aliphatic carbocycles. The Labute approximate surface area is 249 Å². The fraction of sp³-hybridized carbons (Fsp3) is 0.394. The van der Waals surface area contributed by atoms with Gasteiger partial charge in [-0.15, -0.1) is 0 Å². The smallest absolute Gasteiger partial charge is 0.241 e. The molecule has 1 amide bonds. The van der Waals surface area contributed by atoms with Crippen molar-refractivity contribution >= 4 is 11.7 Å². The number of hydrogen-bond acceptors (Lipinski definition) is 9. The van der Waals surface area contributed by atoms with Gasteiger partial charge in [-0.05, 0) is 44.0 Å². The number of aryl methyl sites for hydroxylation is 1. The molecule has 224 valence electrons. The molecule has 0 saturated carbocycles. The van der Waals surface area contributed by atoms with Gasteiger partial charge in [0.15, 0.2) is 28.8 Å². The third-order valence-corrected chi connectivity index (χ3v) is 9.36. The second-order valence-corrected chi connectivity index (χ2v) is 11.6. The summed E-state index contributed by atoms with van der Waals surface area (Å²) < 4.78 is 29.5. The molecule has 3 aromatic rings. The quantitative estimate of drug-likeness (QED) is 0.458. The molecule has 0 unspecified atom stereocenters. The van der Waals surface area contributed by atoms with Crippen LogP contribution in [0.3, 0.4) is 0 Å². The van der Waals surface area contributed by atoms with Crippen molar-refractivity contribution in [3.63, 3.8) is 0 Å². The van der Waals surface area contributed by atoms with Crippen LogP contribution in [0.5, 0.6) is 28.7 Å². The number of ketones is 1. The van der Waals surface area contributed by atoms with Gasteiger partial charge in [-0.1, -0.05) is 36.4 Å². The maximum atomic E-state index is 14.8. The van der Waals surface area contributed by atoms with E-state index in [1.807, 2.05) is 62.2 Å². The number of amides is 1. The number of hydrogen-bond donors (Lipinski definition) is 1. The monoisotopic (exact) mass is 586 g/mol. The van der Waals surface area contributed by atoms with E-state index in [2.05, 4.69) is 0 Å². The predicted molar refractivity (Wildman–Crippen MR) is 155 cm³/mol. The zero-order valence-corrected chi connectivity index (χ0v) is 24.8. The van der Waals surface area contributed by atoms with Crippen LogP contribution >= 0.6 is 0 Å². The van der Waals surface area contributed by atoms with E-state index in [0.717, 1.165) is 16.7 Å². The van der Waals surface area contributed by atoms with Gasteiger partial charge in [0.2, 0.25) is 12.7 Å². The lowest BCUT2D eigenvalue weighted by atomic mass is 9.73. The second kappa shape index (κ2) is 10.2. The van der Waals surface area contributed by atoms with E-state index in [0.29, 0.717) is 58.3 Å². The summed E-state index contributed by atoms with van der Waals surface area (Å²) in [4.78, 5) is 32.9. The molecular formula is C33H34N2O8. The molecule has 43 heavy (non-hydrogen) atoms. The lowest BCUT2D eigenvalue weighted by Gasteiger charge is -2.56. The Morgan fingerprint density at radius 2 is 1.70 bits per heavy atom. The number of fused-ring (bicyclic) bond motifs is 9. The Morgan fingerprint density at radius 1 is 0.977 bits per heavy atom. The van der Waals surface area contributed by atoms with E-state index in [4.69, 9.17) is 23.7 Å². The molecule has 0 aromatic heterocycles. The SMILES string of the molecule is COc1c(C)cc2c(c1O)[C@H]1[C@H]3C(=O)c4c(OC)c(C)c5c(c4[C@H](COCc4ccccc4)N3C(=O)[C@H](C2)N1C)OCO5. The van der Waals surface area contributed by atoms with Crippen molar-refractivity contribution in [1.29, 1.82) is 0 Å². The van der Waals surface area contributed by atoms with Crippen molar-refractivity contribution in [3.8, 4) is 28.7 Å². The molecule has 10 nitrogen and oxygen atoms in total. The summed E-state index contributed by atoms with van der Waals surface area (Å²) in [7, 11) is 4.87. The Hall–Kier alpha value is -4.28. The highest BCUT2D eigenvalue weighted by molar-refractivity contribution is 6.10. The summed E-state index contributed by atoms with van der Waals surface area (Å²) in [5, 5.41) is 11.5. The van der Waals surface area contributed by atoms with Crippen molar-refractivity contribution in [2.45, 2.75) is 51.0 Å². The van der Waals surface area contributed by atoms with E-state index in [1.54, 1.807) is 4.90 Å². The van der Waals surface area contributed by atoms with Crippen molar-refractivity contribution in [2.75, 3.05) is 34.7 Å². The number of piperazine rings is 1. The average Bonchev–Trinajstić information content (AvgIpc) is 3.49. The minimum Gasteiger partial charge on any atom is -0.504 e. The van der Waals surface area contributed by atoms with Crippen LogP contribution in [0.2, 0.25) is 0 Å². The number of carbonyl (C=O) groups is 2. The van der Waals surface area contributed by atoms with E-state index < -0.39 is 24.2 Å². The summed E-state index contributed by atoms with van der Waals surface area (Å²) >= 11 is 0. The van der Waals surface area contributed by atoms with Gasteiger partial charge in [0.25, 0.3) is 0 Å². The molecule has 1 N–H and O–H groups in total. The van der Waals surface area contributed by atoms with Gasteiger partial charge >= 0.3 is 0 Å². The number of phenolic OH excluding ortho intramolecular Hbond substituents is 1. The predicted octanol–water partition coefficient (Wildman–Crippen LogP) is 4.02. The first-order valence-electron chi connectivity index (χ1n) is 14.4. The molecule has 1 fully saturated rings. The first kappa shape index (κ1) is 27.5. The lowest BCUT2D eigenvalue weighted by Crippen LogP contribution is -2.68. The number of methoxy groups -OCH3 is 2. The number of phenols is 1. The third-order valence-electron chi connectivity index (χ3n) is 9.36. The zero-order chi connectivity index (χ0) is 30.2. The highest BCUT2D eigenvalue weighted by Crippen LogP contribution is 2.57. The number of Topliss-reactive ketones (excluding diaryl/α,β-unsaturated/α-hetero) is 1. The number of nitrogens with zero attached hydrogens (tertiary/aromatic N) is 2. The molecule has 1 saturated heterocycles. The Balaban J connectivity index is 1.43. The molecule has 10 heteroatoms. The van der Waals surface area contributed by atoms with Crippen molar-refractivity contribution in [2.24, 2.45) is 0 Å². The average molecular weight is 587 g/mol. The first-order valence-corrected chi connectivity index (χ1v) is 14.4. The van der Waals surface area contributed by atoms with E-state index in [1.165, 1.54) is 14.2 Å². The largest absolute Gasteiger partial charge is 0.504 e.